The van der Waals surface area contributed by atoms with E-state index in [4.69, 9.17) is 9.47 Å². The lowest BCUT2D eigenvalue weighted by molar-refractivity contribution is -0.907. The van der Waals surface area contributed by atoms with Gasteiger partial charge in [-0.15, -0.1) is 0 Å². The minimum atomic E-state index is -0.511. The van der Waals surface area contributed by atoms with Crippen LogP contribution in [-0.4, -0.2) is 111 Å². The number of carbonyl (C=O) groups excluding carboxylic acids is 2. The maximum atomic E-state index is 12.8. The Hall–Kier alpha value is -1.22. The standard InChI is InChI=1S/C46H94N2O6/c1-7-9-11-13-15-17-21-25-29-33-37-47(3,4)43(41-49)45(51)53-39-35-31-27-23-19-20-24-28-32-36-40-54-46(52)44(42-50)48(5,6)38-34-30-26-22-18-16-14-12-10-8-2/h43-44,49-50H,7-42H2,1-6H3/q+2. The summed E-state index contributed by atoms with van der Waals surface area (Å²) in [6, 6.07) is -1.02. The Balaban J connectivity index is 3.86. The fourth-order valence-corrected chi connectivity index (χ4v) is 7.64. The molecule has 0 saturated heterocycles. The number of esters is 2. The Morgan fingerprint density at radius 1 is 0.389 bits per heavy atom. The normalized spacial score (nSPS) is 13.3. The van der Waals surface area contributed by atoms with E-state index in [1.807, 2.05) is 28.2 Å². The van der Waals surface area contributed by atoms with Gasteiger partial charge in [0.05, 0.1) is 54.5 Å². The molecule has 0 aliphatic carbocycles. The Morgan fingerprint density at radius 3 is 0.852 bits per heavy atom. The van der Waals surface area contributed by atoms with E-state index in [0.29, 0.717) is 22.2 Å². The van der Waals surface area contributed by atoms with Gasteiger partial charge in [-0.3, -0.25) is 0 Å². The highest BCUT2D eigenvalue weighted by Gasteiger charge is 2.36. The number of hydrogen-bond acceptors (Lipinski definition) is 6. The zero-order chi connectivity index (χ0) is 40.2. The summed E-state index contributed by atoms with van der Waals surface area (Å²) in [4.78, 5) is 25.6. The van der Waals surface area contributed by atoms with Crippen molar-refractivity contribution in [3.05, 3.63) is 0 Å². The maximum Gasteiger partial charge on any atom is 0.367 e. The number of rotatable bonds is 41. The maximum absolute atomic E-state index is 12.8. The van der Waals surface area contributed by atoms with E-state index >= 15 is 0 Å². The van der Waals surface area contributed by atoms with E-state index in [0.717, 1.165) is 64.5 Å². The van der Waals surface area contributed by atoms with Crippen molar-refractivity contribution < 1.29 is 38.2 Å². The highest BCUT2D eigenvalue weighted by Crippen LogP contribution is 2.17. The van der Waals surface area contributed by atoms with Crippen molar-refractivity contribution in [2.75, 3.05) is 67.7 Å². The Morgan fingerprint density at radius 2 is 0.611 bits per heavy atom. The van der Waals surface area contributed by atoms with Gasteiger partial charge in [-0.25, -0.2) is 9.59 Å². The molecule has 8 heteroatoms. The Labute approximate surface area is 335 Å². The summed E-state index contributed by atoms with van der Waals surface area (Å²) in [5.74, 6) is -0.527. The van der Waals surface area contributed by atoms with Crippen LogP contribution in [-0.2, 0) is 19.1 Å². The average Bonchev–Trinajstić information content (AvgIpc) is 3.13. The molecule has 0 aliphatic heterocycles. The molecule has 0 radical (unpaired) electrons. The summed E-state index contributed by atoms with van der Waals surface area (Å²) in [6.07, 6.45) is 36.8. The van der Waals surface area contributed by atoms with Gasteiger partial charge in [0, 0.05) is 0 Å². The minimum Gasteiger partial charge on any atom is -0.461 e. The summed E-state index contributed by atoms with van der Waals surface area (Å²) in [7, 11) is 8.16. The second-order valence-electron chi connectivity index (χ2n) is 17.6. The molecule has 8 nitrogen and oxygen atoms in total. The van der Waals surface area contributed by atoms with E-state index in [1.54, 1.807) is 0 Å². The molecule has 0 fully saturated rings. The number of aliphatic hydroxyl groups is 2. The first kappa shape index (κ1) is 52.8. The smallest absolute Gasteiger partial charge is 0.367 e. The van der Waals surface area contributed by atoms with Crippen LogP contribution in [0.15, 0.2) is 0 Å². The topological polar surface area (TPSA) is 93.1 Å². The molecule has 0 aliphatic rings. The molecule has 0 bridgehead atoms. The second kappa shape index (κ2) is 36.1. The van der Waals surface area contributed by atoms with Crippen molar-refractivity contribution in [1.29, 1.82) is 0 Å². The lowest BCUT2D eigenvalue weighted by Crippen LogP contribution is -2.55. The molecule has 2 N–H and O–H groups in total. The van der Waals surface area contributed by atoms with Gasteiger partial charge in [-0.1, -0.05) is 168 Å². The first-order valence-electron chi connectivity index (χ1n) is 23.3. The lowest BCUT2D eigenvalue weighted by atomic mass is 10.1. The van der Waals surface area contributed by atoms with Crippen LogP contribution in [0.3, 0.4) is 0 Å². The third-order valence-electron chi connectivity index (χ3n) is 11.8. The third kappa shape index (κ3) is 29.1. The van der Waals surface area contributed by atoms with Crippen LogP contribution in [0.2, 0.25) is 0 Å². The number of quaternary nitrogens is 2. The van der Waals surface area contributed by atoms with E-state index in [9.17, 15) is 19.8 Å². The fraction of sp³-hybridized carbons (Fsp3) is 0.957. The van der Waals surface area contributed by atoms with Crippen molar-refractivity contribution >= 4 is 11.9 Å². The van der Waals surface area contributed by atoms with Gasteiger partial charge in [0.2, 0.25) is 12.1 Å². The van der Waals surface area contributed by atoms with Crippen molar-refractivity contribution in [2.24, 2.45) is 0 Å². The number of carbonyl (C=O) groups is 2. The van der Waals surface area contributed by atoms with Gasteiger partial charge in [0.25, 0.3) is 0 Å². The van der Waals surface area contributed by atoms with Gasteiger partial charge in [-0.05, 0) is 38.5 Å². The molecule has 2 atom stereocenters. The second-order valence-corrected chi connectivity index (χ2v) is 17.6. The number of ether oxygens (including phenoxy) is 2. The number of aliphatic hydroxyl groups excluding tert-OH is 2. The van der Waals surface area contributed by atoms with Crippen molar-refractivity contribution in [3.8, 4) is 0 Å². The average molecular weight is 771 g/mol. The molecule has 54 heavy (non-hydrogen) atoms. The predicted octanol–water partition coefficient (Wildman–Crippen LogP) is 10.7. The predicted molar refractivity (Wildman–Crippen MR) is 227 cm³/mol. The van der Waals surface area contributed by atoms with Crippen LogP contribution < -0.4 is 0 Å². The van der Waals surface area contributed by atoms with E-state index < -0.39 is 12.1 Å². The van der Waals surface area contributed by atoms with Crippen LogP contribution in [0.5, 0.6) is 0 Å². The molecule has 0 aromatic rings. The molecule has 0 spiro atoms. The van der Waals surface area contributed by atoms with Crippen LogP contribution in [0.25, 0.3) is 0 Å². The molecule has 0 rings (SSSR count). The van der Waals surface area contributed by atoms with Crippen LogP contribution >= 0.6 is 0 Å². The SMILES string of the molecule is CCCCCCCCCCCC[N+](C)(C)C(CO)C(=O)OCCCCCCCCCCCCOC(=O)C(CO)[N+](C)(C)CCCCCCCCCCCC. The first-order chi connectivity index (χ1) is 26.1. The first-order valence-corrected chi connectivity index (χ1v) is 23.3. The van der Waals surface area contributed by atoms with Gasteiger partial charge in [0.15, 0.2) is 0 Å². The number of likely N-dealkylation sites (N-methyl/N-ethyl adjacent to an activating group) is 2. The summed E-state index contributed by atoms with van der Waals surface area (Å²) in [5, 5.41) is 20.0. The molecule has 0 heterocycles. The summed E-state index contributed by atoms with van der Waals surface area (Å²) < 4.78 is 12.2. The minimum absolute atomic E-state index is 0.170. The van der Waals surface area contributed by atoms with Crippen molar-refractivity contribution in [1.82, 2.24) is 0 Å². The molecular weight excluding hydrogens is 677 g/mol. The lowest BCUT2D eigenvalue weighted by Gasteiger charge is -2.35. The van der Waals surface area contributed by atoms with Gasteiger partial charge >= 0.3 is 11.9 Å². The quantitative estimate of drug-likeness (QED) is 0.0365. The summed E-state index contributed by atoms with van der Waals surface area (Å²) in [5.41, 5.74) is 0. The third-order valence-corrected chi connectivity index (χ3v) is 11.8. The monoisotopic (exact) mass is 771 g/mol. The highest BCUT2D eigenvalue weighted by molar-refractivity contribution is 5.75. The zero-order valence-electron chi connectivity index (χ0n) is 37.0. The molecule has 2 unspecified atom stereocenters. The number of unbranched alkanes of at least 4 members (excludes halogenated alkanes) is 27. The molecule has 0 saturated carbocycles. The van der Waals surface area contributed by atoms with Crippen LogP contribution in [0.4, 0.5) is 0 Å². The molecule has 322 valence electrons. The van der Waals surface area contributed by atoms with E-state index in [-0.39, 0.29) is 25.2 Å². The highest BCUT2D eigenvalue weighted by atomic mass is 16.5. The summed E-state index contributed by atoms with van der Waals surface area (Å²) >= 11 is 0. The summed E-state index contributed by atoms with van der Waals surface area (Å²) in [6.45, 7) is 6.82. The molecule has 0 aromatic heterocycles. The number of hydrogen-bond donors (Lipinski definition) is 2. The number of nitrogens with zero attached hydrogens (tertiary/aromatic N) is 2. The van der Waals surface area contributed by atoms with E-state index in [1.165, 1.54) is 141 Å². The zero-order valence-corrected chi connectivity index (χ0v) is 37.0. The van der Waals surface area contributed by atoms with Gasteiger partial charge in [-0.2, -0.15) is 0 Å². The molecular formula is C46H94N2O6+2. The largest absolute Gasteiger partial charge is 0.461 e. The Bertz CT molecular complexity index is 783. The molecule has 0 amide bonds. The van der Waals surface area contributed by atoms with Crippen molar-refractivity contribution in [3.63, 3.8) is 0 Å². The Kier molecular flexibility index (Phi) is 35.3. The van der Waals surface area contributed by atoms with Crippen LogP contribution in [0, 0.1) is 0 Å². The van der Waals surface area contributed by atoms with Crippen molar-refractivity contribution in [2.45, 2.75) is 219 Å². The van der Waals surface area contributed by atoms with E-state index in [2.05, 4.69) is 13.8 Å². The fourth-order valence-electron chi connectivity index (χ4n) is 7.64. The van der Waals surface area contributed by atoms with Crippen LogP contribution in [0.1, 0.15) is 206 Å². The molecule has 0 aromatic carbocycles. The van der Waals surface area contributed by atoms with Gasteiger partial charge < -0.3 is 28.7 Å². The van der Waals surface area contributed by atoms with Gasteiger partial charge in [0.1, 0.15) is 13.2 Å².